The van der Waals surface area contributed by atoms with E-state index in [2.05, 4.69) is 21.2 Å². The van der Waals surface area contributed by atoms with Gasteiger partial charge in [0.15, 0.2) is 0 Å². The van der Waals surface area contributed by atoms with E-state index in [0.717, 1.165) is 15.7 Å². The van der Waals surface area contributed by atoms with Crippen molar-refractivity contribution in [3.8, 4) is 0 Å². The monoisotopic (exact) mass is 253 g/mol. The highest BCUT2D eigenvalue weighted by molar-refractivity contribution is 9.10. The summed E-state index contributed by atoms with van der Waals surface area (Å²) >= 11 is 3.35. The van der Waals surface area contributed by atoms with Gasteiger partial charge in [0, 0.05) is 10.2 Å². The van der Waals surface area contributed by atoms with Crippen molar-refractivity contribution in [2.45, 2.75) is 6.42 Å². The average Bonchev–Trinajstić information content (AvgIpc) is 2.17. The maximum absolute atomic E-state index is 11.3. The van der Waals surface area contributed by atoms with E-state index in [4.69, 9.17) is 0 Å². The van der Waals surface area contributed by atoms with Crippen molar-refractivity contribution in [3.63, 3.8) is 0 Å². The SMILES string of the molecule is O=CC1Cc2cc(Br)ccc2NC1=O. The van der Waals surface area contributed by atoms with E-state index in [-0.39, 0.29) is 5.91 Å². The molecule has 14 heavy (non-hydrogen) atoms. The summed E-state index contributed by atoms with van der Waals surface area (Å²) in [6.45, 7) is 0. The summed E-state index contributed by atoms with van der Waals surface area (Å²) in [5, 5.41) is 2.70. The van der Waals surface area contributed by atoms with Gasteiger partial charge in [0.25, 0.3) is 0 Å². The molecule has 0 saturated carbocycles. The number of rotatable bonds is 1. The molecule has 1 amide bonds. The van der Waals surface area contributed by atoms with Gasteiger partial charge >= 0.3 is 0 Å². The summed E-state index contributed by atoms with van der Waals surface area (Å²) in [6.07, 6.45) is 1.18. The fraction of sp³-hybridized carbons (Fsp3) is 0.200. The highest BCUT2D eigenvalue weighted by Gasteiger charge is 2.25. The van der Waals surface area contributed by atoms with E-state index < -0.39 is 5.92 Å². The third-order valence-electron chi connectivity index (χ3n) is 2.27. The lowest BCUT2D eigenvalue weighted by molar-refractivity contribution is -0.125. The van der Waals surface area contributed by atoms with Crippen LogP contribution in [0, 0.1) is 5.92 Å². The molecule has 1 aromatic carbocycles. The Hall–Kier alpha value is -1.16. The number of fused-ring (bicyclic) bond motifs is 1. The summed E-state index contributed by atoms with van der Waals surface area (Å²) in [7, 11) is 0. The Morgan fingerprint density at radius 2 is 2.29 bits per heavy atom. The molecule has 2 rings (SSSR count). The normalized spacial score (nSPS) is 19.8. The van der Waals surface area contributed by atoms with Gasteiger partial charge in [0.05, 0.1) is 5.92 Å². The molecule has 72 valence electrons. The van der Waals surface area contributed by atoms with E-state index in [1.807, 2.05) is 18.2 Å². The third kappa shape index (κ3) is 1.57. The number of benzene rings is 1. The smallest absolute Gasteiger partial charge is 0.235 e. The summed E-state index contributed by atoms with van der Waals surface area (Å²) < 4.78 is 0.956. The number of hydrogen-bond donors (Lipinski definition) is 1. The molecule has 0 aliphatic carbocycles. The molecule has 0 spiro atoms. The van der Waals surface area contributed by atoms with Crippen LogP contribution in [0.1, 0.15) is 5.56 Å². The van der Waals surface area contributed by atoms with Crippen LogP contribution in [-0.2, 0) is 16.0 Å². The van der Waals surface area contributed by atoms with Crippen molar-refractivity contribution in [2.24, 2.45) is 5.92 Å². The van der Waals surface area contributed by atoms with Crippen molar-refractivity contribution in [1.29, 1.82) is 0 Å². The summed E-state index contributed by atoms with van der Waals surface area (Å²) in [5.74, 6) is -0.758. The zero-order valence-corrected chi connectivity index (χ0v) is 8.87. The Labute approximate surface area is 89.6 Å². The first kappa shape index (κ1) is 9.40. The predicted octanol–water partition coefficient (Wildman–Crippen LogP) is 1.76. The van der Waals surface area contributed by atoms with Crippen LogP contribution in [0.4, 0.5) is 5.69 Å². The van der Waals surface area contributed by atoms with Crippen molar-refractivity contribution >= 4 is 33.8 Å². The maximum atomic E-state index is 11.3. The van der Waals surface area contributed by atoms with Gasteiger partial charge in [-0.15, -0.1) is 0 Å². The molecule has 1 N–H and O–H groups in total. The van der Waals surface area contributed by atoms with Gasteiger partial charge in [0.2, 0.25) is 5.91 Å². The van der Waals surface area contributed by atoms with E-state index in [9.17, 15) is 9.59 Å². The minimum absolute atomic E-state index is 0.213. The highest BCUT2D eigenvalue weighted by Crippen LogP contribution is 2.27. The lowest BCUT2D eigenvalue weighted by atomic mass is 9.94. The topological polar surface area (TPSA) is 46.2 Å². The molecule has 1 aliphatic rings. The second-order valence-corrected chi connectivity index (χ2v) is 4.15. The van der Waals surface area contributed by atoms with Crippen molar-refractivity contribution in [2.75, 3.05) is 5.32 Å². The molecule has 3 nitrogen and oxygen atoms in total. The molecule has 0 fully saturated rings. The molecule has 1 aliphatic heterocycles. The van der Waals surface area contributed by atoms with Crippen LogP contribution in [0.25, 0.3) is 0 Å². The van der Waals surface area contributed by atoms with Gasteiger partial charge in [-0.1, -0.05) is 15.9 Å². The van der Waals surface area contributed by atoms with Gasteiger partial charge in [0.1, 0.15) is 6.29 Å². The Bertz CT molecular complexity index is 403. The van der Waals surface area contributed by atoms with Crippen molar-refractivity contribution in [3.05, 3.63) is 28.2 Å². The van der Waals surface area contributed by atoms with E-state index in [0.29, 0.717) is 12.7 Å². The highest BCUT2D eigenvalue weighted by atomic mass is 79.9. The molecule has 0 aromatic heterocycles. The van der Waals surface area contributed by atoms with Gasteiger partial charge in [-0.3, -0.25) is 4.79 Å². The van der Waals surface area contributed by atoms with Crippen molar-refractivity contribution < 1.29 is 9.59 Å². The summed E-state index contributed by atoms with van der Waals surface area (Å²) in [5.41, 5.74) is 1.80. The second-order valence-electron chi connectivity index (χ2n) is 3.24. The minimum atomic E-state index is -0.545. The van der Waals surface area contributed by atoms with Crippen LogP contribution in [-0.4, -0.2) is 12.2 Å². The molecular weight excluding hydrogens is 246 g/mol. The van der Waals surface area contributed by atoms with E-state index in [1.54, 1.807) is 0 Å². The third-order valence-corrected chi connectivity index (χ3v) is 2.76. The van der Waals surface area contributed by atoms with Crippen molar-refractivity contribution in [1.82, 2.24) is 0 Å². The Morgan fingerprint density at radius 1 is 1.50 bits per heavy atom. The first-order valence-electron chi connectivity index (χ1n) is 4.25. The number of halogens is 1. The van der Waals surface area contributed by atoms with E-state index >= 15 is 0 Å². The molecule has 0 bridgehead atoms. The first-order chi connectivity index (χ1) is 6.70. The standard InChI is InChI=1S/C10H8BrNO2/c11-8-1-2-9-6(4-8)3-7(5-13)10(14)12-9/h1-2,4-5,7H,3H2,(H,12,14). The average molecular weight is 254 g/mol. The largest absolute Gasteiger partial charge is 0.325 e. The quantitative estimate of drug-likeness (QED) is 0.613. The number of carbonyl (C=O) groups is 2. The molecule has 1 aromatic rings. The number of nitrogens with one attached hydrogen (secondary N) is 1. The van der Waals surface area contributed by atoms with Crippen LogP contribution < -0.4 is 5.32 Å². The lowest BCUT2D eigenvalue weighted by Crippen LogP contribution is -2.30. The summed E-state index contributed by atoms with van der Waals surface area (Å²) in [4.78, 5) is 21.9. The van der Waals surface area contributed by atoms with Gasteiger partial charge in [-0.2, -0.15) is 0 Å². The first-order valence-corrected chi connectivity index (χ1v) is 5.04. The molecule has 0 radical (unpaired) electrons. The fourth-order valence-corrected chi connectivity index (χ4v) is 1.93. The fourth-order valence-electron chi connectivity index (χ4n) is 1.52. The van der Waals surface area contributed by atoms with Crippen LogP contribution in [0.15, 0.2) is 22.7 Å². The number of anilines is 1. The minimum Gasteiger partial charge on any atom is -0.325 e. The zero-order valence-electron chi connectivity index (χ0n) is 7.29. The number of carbonyl (C=O) groups excluding carboxylic acids is 2. The lowest BCUT2D eigenvalue weighted by Gasteiger charge is -2.20. The van der Waals surface area contributed by atoms with Gasteiger partial charge in [-0.25, -0.2) is 0 Å². The number of amides is 1. The predicted molar refractivity (Wildman–Crippen MR) is 56.0 cm³/mol. The van der Waals surface area contributed by atoms with Crippen LogP contribution >= 0.6 is 15.9 Å². The molecular formula is C10H8BrNO2. The Kier molecular flexibility index (Phi) is 2.37. The molecule has 1 atom stereocenters. The van der Waals surface area contributed by atoms with Gasteiger partial charge in [-0.05, 0) is 30.2 Å². The summed E-state index contributed by atoms with van der Waals surface area (Å²) in [6, 6.07) is 5.62. The Balaban J connectivity index is 2.40. The second kappa shape index (κ2) is 3.53. The van der Waals surface area contributed by atoms with Crippen LogP contribution in [0.5, 0.6) is 0 Å². The zero-order chi connectivity index (χ0) is 10.1. The van der Waals surface area contributed by atoms with Crippen LogP contribution in [0.2, 0.25) is 0 Å². The molecule has 4 heteroatoms. The Morgan fingerprint density at radius 3 is 3.00 bits per heavy atom. The van der Waals surface area contributed by atoms with Gasteiger partial charge < -0.3 is 10.1 Å². The molecule has 0 saturated heterocycles. The number of aldehydes is 1. The number of hydrogen-bond acceptors (Lipinski definition) is 2. The maximum Gasteiger partial charge on any atom is 0.235 e. The van der Waals surface area contributed by atoms with Crippen LogP contribution in [0.3, 0.4) is 0 Å². The van der Waals surface area contributed by atoms with E-state index in [1.165, 1.54) is 0 Å². The molecule has 1 heterocycles. The molecule has 1 unspecified atom stereocenters.